The van der Waals surface area contributed by atoms with Crippen LogP contribution in [0.5, 0.6) is 0 Å². The average molecular weight is 260 g/mol. The third-order valence-corrected chi connectivity index (χ3v) is 3.15. The molecule has 0 spiro atoms. The van der Waals surface area contributed by atoms with Crippen LogP contribution in [-0.2, 0) is 6.54 Å². The number of aliphatic hydroxyl groups is 1. The van der Waals surface area contributed by atoms with Gasteiger partial charge in [0.15, 0.2) is 5.82 Å². The Morgan fingerprint density at radius 2 is 2.22 bits per heavy atom. The second-order valence-electron chi connectivity index (χ2n) is 4.57. The van der Waals surface area contributed by atoms with Gasteiger partial charge in [0.25, 0.3) is 6.43 Å². The molecule has 1 atom stereocenters. The van der Waals surface area contributed by atoms with Gasteiger partial charge in [-0.25, -0.2) is 13.5 Å². The summed E-state index contributed by atoms with van der Waals surface area (Å²) >= 11 is 0. The van der Waals surface area contributed by atoms with Crippen molar-refractivity contribution in [1.82, 2.24) is 9.78 Å². The van der Waals surface area contributed by atoms with E-state index in [1.54, 1.807) is 0 Å². The molecule has 18 heavy (non-hydrogen) atoms. The molecule has 7 heteroatoms. The lowest BCUT2D eigenvalue weighted by Crippen LogP contribution is -2.29. The third-order valence-electron chi connectivity index (χ3n) is 3.15. The van der Waals surface area contributed by atoms with E-state index in [2.05, 4.69) is 5.10 Å². The number of halogens is 2. The van der Waals surface area contributed by atoms with E-state index >= 15 is 0 Å². The summed E-state index contributed by atoms with van der Waals surface area (Å²) in [6.45, 7) is 0.863. The number of hydrogen-bond donors (Lipinski definition) is 2. The van der Waals surface area contributed by atoms with E-state index in [1.807, 2.05) is 4.90 Å². The van der Waals surface area contributed by atoms with Gasteiger partial charge >= 0.3 is 0 Å². The Hall–Kier alpha value is -1.37. The molecule has 2 rings (SSSR count). The number of hydrogen-bond acceptors (Lipinski definition) is 4. The summed E-state index contributed by atoms with van der Waals surface area (Å²) in [6.07, 6.45) is 0.807. The molecule has 1 aliphatic rings. The zero-order chi connectivity index (χ0) is 13.1. The highest BCUT2D eigenvalue weighted by Crippen LogP contribution is 2.26. The Morgan fingerprint density at radius 1 is 1.44 bits per heavy atom. The van der Waals surface area contributed by atoms with Crippen molar-refractivity contribution in [3.63, 3.8) is 0 Å². The first-order chi connectivity index (χ1) is 8.58. The zero-order valence-corrected chi connectivity index (χ0v) is 10.1. The predicted molar refractivity (Wildman–Crippen MR) is 64.7 cm³/mol. The Morgan fingerprint density at radius 3 is 2.94 bits per heavy atom. The maximum atomic E-state index is 12.5. The summed E-state index contributed by atoms with van der Waals surface area (Å²) in [7, 11) is 0. The van der Waals surface area contributed by atoms with Gasteiger partial charge in [-0.2, -0.15) is 5.10 Å². The van der Waals surface area contributed by atoms with Gasteiger partial charge in [-0.15, -0.1) is 0 Å². The molecule has 0 radical (unpaired) electrons. The molecule has 0 aromatic carbocycles. The number of nitrogens with two attached hydrogens (primary N) is 1. The molecule has 0 amide bonds. The summed E-state index contributed by atoms with van der Waals surface area (Å²) < 4.78 is 26.2. The number of aromatic nitrogens is 2. The van der Waals surface area contributed by atoms with Gasteiger partial charge in [-0.3, -0.25) is 0 Å². The molecule has 1 saturated heterocycles. The molecule has 5 nitrogen and oxygen atoms in total. The van der Waals surface area contributed by atoms with E-state index < -0.39 is 13.0 Å². The van der Waals surface area contributed by atoms with Crippen LogP contribution in [0.4, 0.5) is 20.3 Å². The minimum absolute atomic E-state index is 0.317. The van der Waals surface area contributed by atoms with Crippen molar-refractivity contribution >= 4 is 11.5 Å². The maximum absolute atomic E-state index is 12.5. The van der Waals surface area contributed by atoms with E-state index in [4.69, 9.17) is 5.73 Å². The Balaban J connectivity index is 2.17. The molecule has 0 saturated carbocycles. The van der Waals surface area contributed by atoms with Gasteiger partial charge in [-0.05, 0) is 19.3 Å². The van der Waals surface area contributed by atoms with Crippen molar-refractivity contribution in [2.45, 2.75) is 38.3 Å². The van der Waals surface area contributed by atoms with Gasteiger partial charge in [0.05, 0.1) is 18.0 Å². The summed E-state index contributed by atoms with van der Waals surface area (Å²) in [5.41, 5.74) is 6.21. The van der Waals surface area contributed by atoms with E-state index in [9.17, 15) is 13.9 Å². The second-order valence-corrected chi connectivity index (χ2v) is 4.57. The van der Waals surface area contributed by atoms with Gasteiger partial charge in [0.1, 0.15) is 6.54 Å². The van der Waals surface area contributed by atoms with Gasteiger partial charge in [0, 0.05) is 13.1 Å². The van der Waals surface area contributed by atoms with Crippen LogP contribution in [0, 0.1) is 0 Å². The van der Waals surface area contributed by atoms with Crippen LogP contribution in [0.1, 0.15) is 19.3 Å². The molecule has 3 N–H and O–H groups in total. The molecular weight excluding hydrogens is 242 g/mol. The molecule has 2 heterocycles. The lowest BCUT2D eigenvalue weighted by atomic mass is 10.2. The fourth-order valence-electron chi connectivity index (χ4n) is 2.29. The van der Waals surface area contributed by atoms with Crippen LogP contribution in [0.3, 0.4) is 0 Å². The van der Waals surface area contributed by atoms with E-state index in [0.29, 0.717) is 31.0 Å². The topological polar surface area (TPSA) is 67.3 Å². The largest absolute Gasteiger partial charge is 0.394 e. The Bertz CT molecular complexity index is 396. The van der Waals surface area contributed by atoms with Crippen LogP contribution >= 0.6 is 0 Å². The number of anilines is 2. The monoisotopic (exact) mass is 260 g/mol. The van der Waals surface area contributed by atoms with Crippen LogP contribution < -0.4 is 10.6 Å². The number of alkyl halides is 2. The molecule has 1 fully saturated rings. The summed E-state index contributed by atoms with van der Waals surface area (Å²) in [5.74, 6) is 0.546. The van der Waals surface area contributed by atoms with Gasteiger partial charge in [0.2, 0.25) is 0 Å². The first-order valence-corrected chi connectivity index (χ1v) is 6.10. The van der Waals surface area contributed by atoms with Crippen LogP contribution in [0.15, 0.2) is 6.20 Å². The van der Waals surface area contributed by atoms with Gasteiger partial charge in [-0.1, -0.05) is 0 Å². The standard InChI is InChI=1S/C11H18F2N4O/c12-10(13)7-17-11(9(14)6-15-17)16-4-1-2-8(18)3-5-16/h6,8,10,18H,1-5,7,14H2/t8-/m1/s1. The molecule has 1 aromatic heterocycles. The van der Waals surface area contributed by atoms with Crippen LogP contribution in [-0.4, -0.2) is 40.5 Å². The van der Waals surface area contributed by atoms with Crippen molar-refractivity contribution in [2.75, 3.05) is 23.7 Å². The fourth-order valence-corrected chi connectivity index (χ4v) is 2.29. The highest BCUT2D eigenvalue weighted by Gasteiger charge is 2.21. The normalized spacial score (nSPS) is 21.3. The van der Waals surface area contributed by atoms with Crippen molar-refractivity contribution < 1.29 is 13.9 Å². The van der Waals surface area contributed by atoms with Gasteiger partial charge < -0.3 is 15.7 Å². The minimum Gasteiger partial charge on any atom is -0.394 e. The smallest absolute Gasteiger partial charge is 0.258 e. The quantitative estimate of drug-likeness (QED) is 0.853. The molecule has 1 aromatic rings. The van der Waals surface area contributed by atoms with E-state index in [1.165, 1.54) is 10.9 Å². The van der Waals surface area contributed by atoms with E-state index in [-0.39, 0.29) is 6.10 Å². The lowest BCUT2D eigenvalue weighted by molar-refractivity contribution is 0.122. The minimum atomic E-state index is -2.46. The maximum Gasteiger partial charge on any atom is 0.258 e. The molecule has 0 bridgehead atoms. The lowest BCUT2D eigenvalue weighted by Gasteiger charge is -2.24. The summed E-state index contributed by atoms with van der Waals surface area (Å²) in [4.78, 5) is 1.93. The first-order valence-electron chi connectivity index (χ1n) is 6.10. The average Bonchev–Trinajstić information content (AvgIpc) is 2.52. The van der Waals surface area contributed by atoms with Crippen molar-refractivity contribution in [2.24, 2.45) is 0 Å². The summed E-state index contributed by atoms with van der Waals surface area (Å²) in [6, 6.07) is 0. The number of nitrogen functional groups attached to an aromatic ring is 1. The molecular formula is C11H18F2N4O. The first kappa shape index (κ1) is 13.1. The Labute approximate surface area is 104 Å². The zero-order valence-electron chi connectivity index (χ0n) is 10.1. The fraction of sp³-hybridized carbons (Fsp3) is 0.727. The molecule has 1 aliphatic heterocycles. The number of nitrogens with zero attached hydrogens (tertiary/aromatic N) is 3. The molecule has 102 valence electrons. The summed E-state index contributed by atoms with van der Waals surface area (Å²) in [5, 5.41) is 13.5. The van der Waals surface area contributed by atoms with Crippen molar-refractivity contribution in [3.05, 3.63) is 6.20 Å². The third kappa shape index (κ3) is 2.90. The predicted octanol–water partition coefficient (Wildman–Crippen LogP) is 1.08. The number of rotatable bonds is 3. The van der Waals surface area contributed by atoms with Crippen molar-refractivity contribution in [3.8, 4) is 0 Å². The Kier molecular flexibility index (Phi) is 4.00. The molecule has 0 aliphatic carbocycles. The highest BCUT2D eigenvalue weighted by atomic mass is 19.3. The second kappa shape index (κ2) is 5.51. The van der Waals surface area contributed by atoms with Crippen LogP contribution in [0.25, 0.3) is 0 Å². The molecule has 0 unspecified atom stereocenters. The SMILES string of the molecule is Nc1cnn(CC(F)F)c1N1CCC[C@@H](O)CC1. The highest BCUT2D eigenvalue weighted by molar-refractivity contribution is 5.62. The van der Waals surface area contributed by atoms with E-state index in [0.717, 1.165) is 12.8 Å². The van der Waals surface area contributed by atoms with Crippen molar-refractivity contribution in [1.29, 1.82) is 0 Å². The number of aliphatic hydroxyl groups excluding tert-OH is 1. The van der Waals surface area contributed by atoms with Crippen LogP contribution in [0.2, 0.25) is 0 Å².